The molecular formula is C33H52O6. The van der Waals surface area contributed by atoms with Crippen LogP contribution in [0.5, 0.6) is 0 Å². The third kappa shape index (κ3) is 4.16. The molecule has 0 saturated heterocycles. The largest absolute Gasteiger partial charge is 0.480 e. The summed E-state index contributed by atoms with van der Waals surface area (Å²) in [6.45, 7) is 18.0. The summed E-state index contributed by atoms with van der Waals surface area (Å²) in [7, 11) is 0. The maximum Gasteiger partial charge on any atom is 0.332 e. The zero-order chi connectivity index (χ0) is 28.6. The van der Waals surface area contributed by atoms with E-state index in [9.17, 15) is 14.7 Å². The molecule has 5 aliphatic carbocycles. The molecule has 0 radical (unpaired) electrons. The number of aliphatic hydroxyl groups is 1. The van der Waals surface area contributed by atoms with Crippen molar-refractivity contribution in [3.05, 3.63) is 12.2 Å². The van der Waals surface area contributed by atoms with Crippen LogP contribution in [0.3, 0.4) is 0 Å². The van der Waals surface area contributed by atoms with Gasteiger partial charge in [0.25, 0.3) is 0 Å². The Balaban J connectivity index is 1.46. The van der Waals surface area contributed by atoms with Crippen LogP contribution in [0.4, 0.5) is 0 Å². The summed E-state index contributed by atoms with van der Waals surface area (Å²) in [4.78, 5) is 23.8. The first kappa shape index (κ1) is 29.1. The number of fused-ring (bicyclic) bond motifs is 7. The van der Waals surface area contributed by atoms with E-state index in [1.807, 2.05) is 0 Å². The Kier molecular flexibility index (Phi) is 7.15. The second-order valence-electron chi connectivity index (χ2n) is 15.5. The van der Waals surface area contributed by atoms with Gasteiger partial charge in [-0.15, -0.1) is 0 Å². The van der Waals surface area contributed by atoms with Gasteiger partial charge >= 0.3 is 11.9 Å². The van der Waals surface area contributed by atoms with Crippen molar-refractivity contribution in [2.24, 2.45) is 51.2 Å². The van der Waals surface area contributed by atoms with Crippen LogP contribution < -0.4 is 0 Å². The number of carbonyl (C=O) groups is 2. The fraction of sp³-hybridized carbons (Fsp3) is 0.879. The number of carboxylic acids is 1. The van der Waals surface area contributed by atoms with Gasteiger partial charge in [0.15, 0.2) is 0 Å². The molecule has 10 atom stereocenters. The molecule has 10 unspecified atom stereocenters. The molecule has 5 fully saturated rings. The van der Waals surface area contributed by atoms with Gasteiger partial charge in [0.05, 0.1) is 6.10 Å². The van der Waals surface area contributed by atoms with Crippen molar-refractivity contribution < 1.29 is 29.3 Å². The number of hydrogen-bond acceptors (Lipinski definition) is 5. The minimum absolute atomic E-state index is 0.0544. The minimum Gasteiger partial charge on any atom is -0.480 e. The maximum absolute atomic E-state index is 12.9. The Bertz CT molecular complexity index is 1020. The van der Waals surface area contributed by atoms with Crippen molar-refractivity contribution in [1.82, 2.24) is 0 Å². The monoisotopic (exact) mass is 544 g/mol. The average molecular weight is 545 g/mol. The summed E-state index contributed by atoms with van der Waals surface area (Å²) in [6.07, 6.45) is 10.2. The SMILES string of the molecule is C=C(C)C1CCC2(OC(=O)COCC(=O)O)CCC3(C)C(CCC4C5(C)CCC(O)C(C)(C)C5CCC43C)C12. The molecule has 39 heavy (non-hydrogen) atoms. The van der Waals surface area contributed by atoms with E-state index in [2.05, 4.69) is 48.1 Å². The number of allylic oxidation sites excluding steroid dienone is 1. The summed E-state index contributed by atoms with van der Waals surface area (Å²) in [6, 6.07) is 0. The van der Waals surface area contributed by atoms with Gasteiger partial charge in [-0.1, -0.05) is 46.8 Å². The molecule has 0 aromatic heterocycles. The van der Waals surface area contributed by atoms with Crippen LogP contribution in [-0.2, 0) is 19.1 Å². The number of hydrogen-bond donors (Lipinski definition) is 2. The lowest BCUT2D eigenvalue weighted by molar-refractivity contribution is -0.257. The highest BCUT2D eigenvalue weighted by molar-refractivity contribution is 5.72. The van der Waals surface area contributed by atoms with Crippen molar-refractivity contribution in [2.75, 3.05) is 13.2 Å². The highest BCUT2D eigenvalue weighted by atomic mass is 16.6. The summed E-state index contributed by atoms with van der Waals surface area (Å²) >= 11 is 0. The van der Waals surface area contributed by atoms with Gasteiger partial charge in [0.2, 0.25) is 0 Å². The lowest BCUT2D eigenvalue weighted by Gasteiger charge is -2.72. The third-order valence-corrected chi connectivity index (χ3v) is 13.7. The first-order valence-corrected chi connectivity index (χ1v) is 15.5. The van der Waals surface area contributed by atoms with E-state index in [0.717, 1.165) is 44.9 Å². The van der Waals surface area contributed by atoms with Gasteiger partial charge in [-0.2, -0.15) is 0 Å². The van der Waals surface area contributed by atoms with Crippen molar-refractivity contribution in [3.8, 4) is 0 Å². The van der Waals surface area contributed by atoms with E-state index in [0.29, 0.717) is 23.7 Å². The number of esters is 1. The molecular weight excluding hydrogens is 492 g/mol. The Morgan fingerprint density at radius 2 is 1.56 bits per heavy atom. The molecule has 0 aromatic carbocycles. The normalized spacial score (nSPS) is 48.2. The van der Waals surface area contributed by atoms with Crippen LogP contribution in [-0.4, -0.2) is 47.1 Å². The van der Waals surface area contributed by atoms with Crippen molar-refractivity contribution in [1.29, 1.82) is 0 Å². The lowest BCUT2D eigenvalue weighted by Crippen LogP contribution is -2.67. The molecule has 5 rings (SSSR count). The molecule has 6 nitrogen and oxygen atoms in total. The molecule has 0 aliphatic heterocycles. The van der Waals surface area contributed by atoms with Crippen molar-refractivity contribution in [2.45, 2.75) is 117 Å². The zero-order valence-corrected chi connectivity index (χ0v) is 25.2. The topological polar surface area (TPSA) is 93.1 Å². The van der Waals surface area contributed by atoms with E-state index in [1.54, 1.807) is 0 Å². The van der Waals surface area contributed by atoms with Crippen molar-refractivity contribution in [3.63, 3.8) is 0 Å². The number of ether oxygens (including phenoxy) is 2. The van der Waals surface area contributed by atoms with Crippen molar-refractivity contribution >= 4 is 11.9 Å². The van der Waals surface area contributed by atoms with E-state index < -0.39 is 24.1 Å². The molecule has 0 spiro atoms. The molecule has 220 valence electrons. The van der Waals surface area contributed by atoms with E-state index in [4.69, 9.17) is 14.6 Å². The summed E-state index contributed by atoms with van der Waals surface area (Å²) < 4.78 is 11.5. The third-order valence-electron chi connectivity index (χ3n) is 13.7. The van der Waals surface area contributed by atoms with Crippen LogP contribution in [0.1, 0.15) is 106 Å². The van der Waals surface area contributed by atoms with Gasteiger partial charge in [0, 0.05) is 5.92 Å². The standard InChI is InChI=1S/C33H52O6/c1-20(2)21-10-15-33(39-27(37)19-38-18-26(35)36)17-16-31(6)22(28(21)33)8-9-24-30(5)13-12-25(34)29(3,4)23(30)11-14-32(24,31)7/h21-25,28,34H,1,8-19H2,2-7H3,(H,35,36). The van der Waals surface area contributed by atoms with E-state index in [-0.39, 0.29) is 40.3 Å². The zero-order valence-electron chi connectivity index (χ0n) is 25.2. The minimum atomic E-state index is -1.08. The number of rotatable bonds is 6. The first-order chi connectivity index (χ1) is 18.1. The fourth-order valence-corrected chi connectivity index (χ4v) is 11.7. The van der Waals surface area contributed by atoms with Crippen LogP contribution in [0.25, 0.3) is 0 Å². The van der Waals surface area contributed by atoms with E-state index >= 15 is 0 Å². The van der Waals surface area contributed by atoms with E-state index in [1.165, 1.54) is 24.8 Å². The molecule has 2 N–H and O–H groups in total. The molecule has 5 saturated carbocycles. The predicted molar refractivity (Wildman–Crippen MR) is 150 cm³/mol. The smallest absolute Gasteiger partial charge is 0.332 e. The second-order valence-corrected chi connectivity index (χ2v) is 15.5. The van der Waals surface area contributed by atoms with Gasteiger partial charge in [-0.05, 0) is 116 Å². The molecule has 0 aromatic rings. The van der Waals surface area contributed by atoms with Gasteiger partial charge in [0.1, 0.15) is 18.8 Å². The Hall–Kier alpha value is -1.40. The number of aliphatic carboxylic acids is 1. The Morgan fingerprint density at radius 3 is 2.23 bits per heavy atom. The number of aliphatic hydroxyl groups excluding tert-OH is 1. The second kappa shape index (κ2) is 9.58. The summed E-state index contributed by atoms with van der Waals surface area (Å²) in [5, 5.41) is 19.9. The maximum atomic E-state index is 12.9. The Morgan fingerprint density at radius 1 is 0.846 bits per heavy atom. The summed E-state index contributed by atoms with van der Waals surface area (Å²) in [5.74, 6) is 0.662. The van der Waals surface area contributed by atoms with Crippen LogP contribution in [0.15, 0.2) is 12.2 Å². The molecule has 0 heterocycles. The quantitative estimate of drug-likeness (QED) is 0.297. The van der Waals surface area contributed by atoms with Gasteiger partial charge in [-0.3, -0.25) is 0 Å². The molecule has 0 bridgehead atoms. The molecule has 5 aliphatic rings. The average Bonchev–Trinajstić information content (AvgIpc) is 3.21. The van der Waals surface area contributed by atoms with Crippen LogP contribution in [0, 0.1) is 51.2 Å². The highest BCUT2D eigenvalue weighted by Crippen LogP contribution is 2.76. The molecule has 6 heteroatoms. The number of carbonyl (C=O) groups excluding carboxylic acids is 1. The number of carboxylic acid groups (broad SMARTS) is 1. The fourth-order valence-electron chi connectivity index (χ4n) is 11.7. The summed E-state index contributed by atoms with van der Waals surface area (Å²) in [5.41, 5.74) is 1.19. The van der Waals surface area contributed by atoms with Gasteiger partial charge in [-0.25, -0.2) is 9.59 Å². The predicted octanol–water partition coefficient (Wildman–Crippen LogP) is 6.40. The Labute approximate surface area is 235 Å². The van der Waals surface area contributed by atoms with Gasteiger partial charge < -0.3 is 19.7 Å². The first-order valence-electron chi connectivity index (χ1n) is 15.5. The van der Waals surface area contributed by atoms with Crippen LogP contribution in [0.2, 0.25) is 0 Å². The lowest BCUT2D eigenvalue weighted by atomic mass is 9.33. The van der Waals surface area contributed by atoms with Crippen LogP contribution >= 0.6 is 0 Å². The molecule has 0 amide bonds. The highest BCUT2D eigenvalue weighted by Gasteiger charge is 2.71.